The van der Waals surface area contributed by atoms with Crippen molar-refractivity contribution in [2.24, 2.45) is 0 Å². The van der Waals surface area contributed by atoms with E-state index in [9.17, 15) is 29.1 Å². The summed E-state index contributed by atoms with van der Waals surface area (Å²) in [4.78, 5) is 72.0. The fourth-order valence-corrected chi connectivity index (χ4v) is 16.6. The molecule has 0 spiro atoms. The maximum absolute atomic E-state index is 12.7. The molecule has 25 heteroatoms. The van der Waals surface area contributed by atoms with E-state index >= 15 is 0 Å². The number of carbonyl (C=O) groups excluding carboxylic acids is 5. The average molecular weight is 2240 g/mol. The molecule has 11 nitrogen and oxygen atoms in total. The van der Waals surface area contributed by atoms with E-state index < -0.39 is 6.10 Å². The van der Waals surface area contributed by atoms with Gasteiger partial charge in [-0.25, -0.2) is 0 Å². The number of amides is 5. The standard InChI is InChI=1S/C16H16Br3NO.C15H14Br3NO.C15H22Br3NO.C13H18Br3NO.C13H19Br2NO2/c1-2-6-13(17)12-9-14(15(18)19)20(16(12)21)10-11-7-4-3-5-8-11;1-2-6-12(16)11-9-13(14(17)18)19(15(11)20)10-7-4-3-5-8-10;1-3-5-7-8-12(16)11-10-13(14(17)18)19(15(11)20)9-6-4-2;1-3-5-7-17-11(12(15)16)8-9(13(17)18)10(14)6-4-2;1-3-5-7-16-10(12(14)15)8-9(13(16)18)11(17)6-4-2/h3-5,7-9,13H,2,6,10H2,1H3;3-5,7-9,12H,2,6H2,1H3;10,12H,3-9H2,1-2H3;8,10H,3-7H2,1-2H3;8,11,17H,3-7H2,1-2H3. The molecular weight excluding hydrogens is 2150 g/mol. The summed E-state index contributed by atoms with van der Waals surface area (Å²) in [6.45, 7) is 19.7. The van der Waals surface area contributed by atoms with Crippen LogP contribution in [0.2, 0.25) is 0 Å². The number of benzene rings is 2. The topological polar surface area (TPSA) is 122 Å². The van der Waals surface area contributed by atoms with Crippen LogP contribution in [0, 0.1) is 0 Å². The lowest BCUT2D eigenvalue weighted by Crippen LogP contribution is -2.30. The van der Waals surface area contributed by atoms with Gasteiger partial charge in [0.05, 0.1) is 58.1 Å². The predicted molar refractivity (Wildman–Crippen MR) is 456 cm³/mol. The third-order valence-corrected chi connectivity index (χ3v) is 23.5. The maximum atomic E-state index is 12.7. The Labute approximate surface area is 695 Å². The number of nitrogens with zero attached hydrogens (tertiary/aromatic N) is 5. The molecule has 5 amide bonds. The van der Waals surface area contributed by atoms with Crippen molar-refractivity contribution >= 4 is 258 Å². The first-order chi connectivity index (χ1) is 46.2. The number of halogens is 14. The van der Waals surface area contributed by atoms with Crippen LogP contribution in [-0.2, 0) is 30.5 Å². The zero-order valence-electron chi connectivity index (χ0n) is 56.1. The number of hydrogen-bond donors (Lipinski definition) is 1. The summed E-state index contributed by atoms with van der Waals surface area (Å²) < 4.78 is 4.00. The predicted octanol–water partition coefficient (Wildman–Crippen LogP) is 25.6. The lowest BCUT2D eigenvalue weighted by Gasteiger charge is -2.20. The highest BCUT2D eigenvalue weighted by atomic mass is 79.9. The van der Waals surface area contributed by atoms with E-state index in [2.05, 4.69) is 271 Å². The van der Waals surface area contributed by atoms with Crippen LogP contribution in [0.4, 0.5) is 5.69 Å². The van der Waals surface area contributed by atoms with Crippen LogP contribution in [0.25, 0.3) is 0 Å². The molecular formula is C72H89Br14N5O6. The van der Waals surface area contributed by atoms with Gasteiger partial charge in [-0.3, -0.25) is 28.9 Å². The van der Waals surface area contributed by atoms with Gasteiger partial charge in [-0.1, -0.05) is 232 Å². The Bertz CT molecular complexity index is 3200. The first kappa shape index (κ1) is 91.1. The molecule has 5 heterocycles. The van der Waals surface area contributed by atoms with Gasteiger partial charge in [0.1, 0.15) is 0 Å². The number of aliphatic hydroxyl groups is 1. The second-order valence-corrected chi connectivity index (χ2v) is 40.7. The van der Waals surface area contributed by atoms with E-state index in [1.54, 1.807) is 20.8 Å². The Kier molecular flexibility index (Phi) is 45.9. The Balaban J connectivity index is 0.000000316. The van der Waals surface area contributed by atoms with Gasteiger partial charge in [-0.15, -0.1) is 0 Å². The van der Waals surface area contributed by atoms with Crippen LogP contribution < -0.4 is 4.90 Å². The van der Waals surface area contributed by atoms with Crippen LogP contribution in [0.3, 0.4) is 0 Å². The summed E-state index contributed by atoms with van der Waals surface area (Å²) in [7, 11) is 0. The summed E-state index contributed by atoms with van der Waals surface area (Å²) in [5.74, 6) is 0.294. The molecule has 0 radical (unpaired) electrons. The molecule has 1 N–H and O–H groups in total. The normalized spacial score (nSPS) is 16.7. The van der Waals surface area contributed by atoms with E-state index in [0.29, 0.717) is 25.1 Å². The summed E-state index contributed by atoms with van der Waals surface area (Å²) in [6, 6.07) is 19.7. The minimum Gasteiger partial charge on any atom is -0.388 e. The molecule has 0 fully saturated rings. The summed E-state index contributed by atoms with van der Waals surface area (Å²) in [5.41, 5.74) is 10.2. The number of allylic oxidation sites excluding steroid dienone is 5. The fourth-order valence-electron chi connectivity index (χ4n) is 10.4. The minimum atomic E-state index is -0.663. The van der Waals surface area contributed by atoms with Gasteiger partial charge in [0.25, 0.3) is 29.5 Å². The number of alkyl halides is 4. The molecule has 5 aliphatic rings. The third-order valence-electron chi connectivity index (χ3n) is 15.6. The maximum Gasteiger partial charge on any atom is 0.260 e. The smallest absolute Gasteiger partial charge is 0.260 e. The van der Waals surface area contributed by atoms with Crippen molar-refractivity contribution < 1.29 is 29.1 Å². The van der Waals surface area contributed by atoms with Gasteiger partial charge in [0, 0.05) is 72.5 Å². The highest BCUT2D eigenvalue weighted by Crippen LogP contribution is 2.41. The molecule has 0 saturated heterocycles. The first-order valence-corrected chi connectivity index (χ1v) is 44.6. The van der Waals surface area contributed by atoms with E-state index in [0.717, 1.165) is 188 Å². The van der Waals surface area contributed by atoms with Crippen molar-refractivity contribution in [1.82, 2.24) is 19.6 Å². The van der Waals surface area contributed by atoms with Crippen LogP contribution in [-0.4, -0.2) is 99.3 Å². The van der Waals surface area contributed by atoms with Crippen LogP contribution in [0.5, 0.6) is 0 Å². The third kappa shape index (κ3) is 28.3. The van der Waals surface area contributed by atoms with Crippen molar-refractivity contribution in [3.05, 3.63) is 170 Å². The molecule has 0 aromatic heterocycles. The van der Waals surface area contributed by atoms with Gasteiger partial charge >= 0.3 is 0 Å². The van der Waals surface area contributed by atoms with Crippen LogP contribution in [0.1, 0.15) is 177 Å². The Morgan fingerprint density at radius 1 is 0.340 bits per heavy atom. The number of unbranched alkanes of at least 4 members (excludes halogenated alkanes) is 5. The van der Waals surface area contributed by atoms with Gasteiger partial charge in [0.2, 0.25) is 0 Å². The van der Waals surface area contributed by atoms with Crippen molar-refractivity contribution in [3.8, 4) is 0 Å². The van der Waals surface area contributed by atoms with Crippen LogP contribution in [0.15, 0.2) is 164 Å². The van der Waals surface area contributed by atoms with Crippen LogP contribution >= 0.6 is 223 Å². The second-order valence-electron chi connectivity index (χ2n) is 23.0. The van der Waals surface area contributed by atoms with Crippen molar-refractivity contribution in [3.63, 3.8) is 0 Å². The molecule has 5 aliphatic heterocycles. The van der Waals surface area contributed by atoms with Crippen molar-refractivity contribution in [1.29, 1.82) is 0 Å². The van der Waals surface area contributed by atoms with E-state index in [1.807, 2.05) is 102 Å². The Morgan fingerprint density at radius 3 is 0.990 bits per heavy atom. The van der Waals surface area contributed by atoms with E-state index in [-0.39, 0.29) is 48.8 Å². The van der Waals surface area contributed by atoms with E-state index in [1.165, 1.54) is 12.8 Å². The highest BCUT2D eigenvalue weighted by Gasteiger charge is 2.38. The Hall–Kier alpha value is -0.130. The quantitative estimate of drug-likeness (QED) is 0.0640. The molecule has 7 rings (SSSR count). The molecule has 0 bridgehead atoms. The van der Waals surface area contributed by atoms with Gasteiger partial charge < -0.3 is 24.7 Å². The number of aliphatic hydroxyl groups excluding tert-OH is 1. The zero-order chi connectivity index (χ0) is 72.6. The van der Waals surface area contributed by atoms with Gasteiger partial charge in [-0.05, 0) is 259 Å². The second kappa shape index (κ2) is 48.9. The monoisotopic (exact) mass is 2220 g/mol. The number of anilines is 1. The molecule has 2 aromatic rings. The summed E-state index contributed by atoms with van der Waals surface area (Å²) >= 11 is 48.7. The lowest BCUT2D eigenvalue weighted by atomic mass is 10.1. The van der Waals surface area contributed by atoms with E-state index in [4.69, 9.17) is 0 Å². The number of carbonyl (C=O) groups is 5. The summed E-state index contributed by atoms with van der Waals surface area (Å²) in [5, 5.41) is 9.99. The average Bonchev–Trinajstić information content (AvgIpc) is 1.68. The molecule has 5 atom stereocenters. The lowest BCUT2D eigenvalue weighted by molar-refractivity contribution is -0.126. The fraction of sp³-hybridized carbons (Fsp3) is 0.486. The molecule has 97 heavy (non-hydrogen) atoms. The zero-order valence-corrected chi connectivity index (χ0v) is 78.3. The highest BCUT2D eigenvalue weighted by molar-refractivity contribution is 9.29. The number of para-hydroxylation sites is 1. The minimum absolute atomic E-state index is 0.0259. The number of rotatable bonds is 29. The van der Waals surface area contributed by atoms with Crippen molar-refractivity contribution in [2.45, 2.75) is 203 Å². The first-order valence-electron chi connectivity index (χ1n) is 33.0. The SMILES string of the molecule is CCCC(Br)C1=CC(=C(Br)Br)N(Cc2ccccc2)C1=O.CCCC(Br)C1=CC(=C(Br)Br)N(c2ccccc2)C1=O.CCCCCC(Br)C1=CC(=C(Br)Br)N(CCCC)C1=O.CCCCN1C(=O)C(C(Br)CCC)=CC1=C(Br)Br.CCCCN1C(=O)C(C(O)CCC)=CC1=C(Br)Br. The Morgan fingerprint density at radius 2 is 0.639 bits per heavy atom. The molecule has 0 saturated carbocycles. The molecule has 536 valence electrons. The molecule has 0 aliphatic carbocycles. The molecule has 5 unspecified atom stereocenters. The van der Waals surface area contributed by atoms with Crippen molar-refractivity contribution in [2.75, 3.05) is 24.5 Å². The van der Waals surface area contributed by atoms with Gasteiger partial charge in [0.15, 0.2) is 0 Å². The summed E-state index contributed by atoms with van der Waals surface area (Å²) in [6.07, 6.45) is 27.2. The largest absolute Gasteiger partial charge is 0.388 e. The molecule has 2 aromatic carbocycles. The number of hydrogen-bond acceptors (Lipinski definition) is 6. The van der Waals surface area contributed by atoms with Gasteiger partial charge in [-0.2, -0.15) is 0 Å².